The fourth-order valence-electron chi connectivity index (χ4n) is 6.90. The molecule has 4 nitrogen and oxygen atoms in total. The van der Waals surface area contributed by atoms with E-state index in [1.807, 2.05) is 6.92 Å². The number of halogens is 1. The molecule has 32 heavy (non-hydrogen) atoms. The Balaban J connectivity index is 1.22. The highest BCUT2D eigenvalue weighted by molar-refractivity contribution is 5.87. The predicted molar refractivity (Wildman–Crippen MR) is 123 cm³/mol. The lowest BCUT2D eigenvalue weighted by atomic mass is 9.94. The second-order valence-electron chi connectivity index (χ2n) is 10.9. The second kappa shape index (κ2) is 8.89. The molecule has 1 aliphatic heterocycles. The van der Waals surface area contributed by atoms with Gasteiger partial charge in [-0.1, -0.05) is 19.3 Å². The van der Waals surface area contributed by atoms with Gasteiger partial charge in [0.2, 0.25) is 5.91 Å². The molecule has 4 aliphatic rings. The molecule has 0 aromatic heterocycles. The third-order valence-corrected chi connectivity index (χ3v) is 8.82. The number of rotatable bonds is 6. The summed E-state index contributed by atoms with van der Waals surface area (Å²) in [4.78, 5) is 30.1. The van der Waals surface area contributed by atoms with Crippen molar-refractivity contribution in [1.29, 1.82) is 0 Å². The maximum atomic E-state index is 14.5. The van der Waals surface area contributed by atoms with Crippen LogP contribution < -0.4 is 0 Å². The van der Waals surface area contributed by atoms with E-state index in [0.29, 0.717) is 36.5 Å². The minimum absolute atomic E-state index is 0.182. The van der Waals surface area contributed by atoms with Crippen LogP contribution in [0.2, 0.25) is 0 Å². The first kappa shape index (κ1) is 22.1. The number of carbonyl (C=O) groups excluding carboxylic acids is 2. The minimum atomic E-state index is -0.243. The zero-order valence-electron chi connectivity index (χ0n) is 19.6. The molecule has 0 bridgehead atoms. The van der Waals surface area contributed by atoms with Crippen molar-refractivity contribution in [1.82, 2.24) is 9.80 Å². The van der Waals surface area contributed by atoms with Gasteiger partial charge in [-0.3, -0.25) is 14.5 Å². The molecule has 1 heterocycles. The van der Waals surface area contributed by atoms with Gasteiger partial charge in [0.1, 0.15) is 11.6 Å². The number of benzene rings is 1. The minimum Gasteiger partial charge on any atom is -0.337 e. The Hall–Kier alpha value is -1.75. The van der Waals surface area contributed by atoms with Gasteiger partial charge in [0.05, 0.1) is 0 Å². The van der Waals surface area contributed by atoms with E-state index in [4.69, 9.17) is 0 Å². The predicted octanol–water partition coefficient (Wildman–Crippen LogP) is 4.51. The number of nitrogens with zero attached hydrogens (tertiary/aromatic N) is 2. The normalized spacial score (nSPS) is 30.5. The van der Waals surface area contributed by atoms with Crippen molar-refractivity contribution in [2.45, 2.75) is 77.8 Å². The first-order valence-corrected chi connectivity index (χ1v) is 12.8. The number of piperazine rings is 1. The van der Waals surface area contributed by atoms with Gasteiger partial charge in [0, 0.05) is 50.5 Å². The van der Waals surface area contributed by atoms with Crippen LogP contribution >= 0.6 is 0 Å². The molecule has 3 atom stereocenters. The van der Waals surface area contributed by atoms with Crippen LogP contribution in [0.15, 0.2) is 12.1 Å². The van der Waals surface area contributed by atoms with Gasteiger partial charge in [-0.15, -0.1) is 0 Å². The molecular formula is C27H37FN2O2. The van der Waals surface area contributed by atoms with Gasteiger partial charge >= 0.3 is 0 Å². The Kier molecular flexibility index (Phi) is 6.13. The topological polar surface area (TPSA) is 40.6 Å². The molecule has 3 aliphatic carbocycles. The molecule has 0 N–H and O–H groups in total. The number of carbonyl (C=O) groups is 2. The lowest BCUT2D eigenvalue weighted by Gasteiger charge is -2.41. The number of hydrogen-bond donors (Lipinski definition) is 0. The number of ketones is 1. The highest BCUT2D eigenvalue weighted by atomic mass is 19.1. The highest BCUT2D eigenvalue weighted by Gasteiger charge is 2.55. The second-order valence-corrected chi connectivity index (χ2v) is 10.9. The molecular weight excluding hydrogens is 403 g/mol. The van der Waals surface area contributed by atoms with E-state index in [-0.39, 0.29) is 23.7 Å². The van der Waals surface area contributed by atoms with Crippen LogP contribution in [0.5, 0.6) is 0 Å². The molecule has 2 unspecified atom stereocenters. The van der Waals surface area contributed by atoms with E-state index in [0.717, 1.165) is 49.2 Å². The summed E-state index contributed by atoms with van der Waals surface area (Å²) in [7, 11) is 0. The molecule has 0 radical (unpaired) electrons. The van der Waals surface area contributed by atoms with Gasteiger partial charge in [0.15, 0.2) is 0 Å². The number of hydrogen-bond acceptors (Lipinski definition) is 3. The highest BCUT2D eigenvalue weighted by Crippen LogP contribution is 2.58. The van der Waals surface area contributed by atoms with E-state index < -0.39 is 0 Å². The summed E-state index contributed by atoms with van der Waals surface area (Å²) < 4.78 is 14.5. The van der Waals surface area contributed by atoms with Crippen LogP contribution in [0.1, 0.15) is 68.6 Å². The molecule has 1 amide bonds. The fourth-order valence-corrected chi connectivity index (χ4v) is 6.90. The molecule has 5 heteroatoms. The Morgan fingerprint density at radius 1 is 1.00 bits per heavy atom. The Labute approximate surface area is 191 Å². The quantitative estimate of drug-likeness (QED) is 0.653. The zero-order valence-corrected chi connectivity index (χ0v) is 19.6. The van der Waals surface area contributed by atoms with E-state index >= 15 is 0 Å². The summed E-state index contributed by atoms with van der Waals surface area (Å²) in [6.45, 7) is 7.23. The van der Waals surface area contributed by atoms with Crippen molar-refractivity contribution in [3.8, 4) is 0 Å². The summed E-state index contributed by atoms with van der Waals surface area (Å²) in [6, 6.07) is 3.38. The van der Waals surface area contributed by atoms with Crippen molar-refractivity contribution in [2.75, 3.05) is 19.6 Å². The molecule has 3 saturated carbocycles. The summed E-state index contributed by atoms with van der Waals surface area (Å²) in [6.07, 6.45) is 8.46. The monoisotopic (exact) mass is 440 g/mol. The van der Waals surface area contributed by atoms with E-state index in [2.05, 4.69) is 16.7 Å². The molecule has 0 spiro atoms. The van der Waals surface area contributed by atoms with E-state index in [1.165, 1.54) is 32.1 Å². The molecule has 5 rings (SSSR count). The molecule has 1 aromatic rings. The lowest BCUT2D eigenvalue weighted by molar-refractivity contribution is -0.140. The van der Waals surface area contributed by atoms with E-state index in [9.17, 15) is 14.0 Å². The SMILES string of the molecule is Cc1c(CC(=O)C2C3CCCC32)cc(F)cc1CN1CCN(C(=O)C2CCCC2)[C@@H](C)C1. The summed E-state index contributed by atoms with van der Waals surface area (Å²) >= 11 is 0. The first-order chi connectivity index (χ1) is 15.4. The maximum Gasteiger partial charge on any atom is 0.226 e. The summed E-state index contributed by atoms with van der Waals surface area (Å²) in [5.74, 6) is 2.09. The van der Waals surface area contributed by atoms with Crippen molar-refractivity contribution in [3.05, 3.63) is 34.6 Å². The molecule has 4 fully saturated rings. The average Bonchev–Trinajstić information content (AvgIpc) is 3.15. The van der Waals surface area contributed by atoms with Crippen molar-refractivity contribution < 1.29 is 14.0 Å². The number of Topliss-reactive ketones (excluding diaryl/α,β-unsaturated/α-hetero) is 1. The Morgan fingerprint density at radius 2 is 1.69 bits per heavy atom. The van der Waals surface area contributed by atoms with Crippen LogP contribution in [0.25, 0.3) is 0 Å². The maximum absolute atomic E-state index is 14.5. The lowest BCUT2D eigenvalue weighted by Crippen LogP contribution is -2.54. The third-order valence-electron chi connectivity index (χ3n) is 8.82. The molecule has 1 aromatic carbocycles. The smallest absolute Gasteiger partial charge is 0.226 e. The van der Waals surface area contributed by atoms with Gasteiger partial charge in [-0.2, -0.15) is 0 Å². The zero-order chi connectivity index (χ0) is 22.4. The van der Waals surface area contributed by atoms with Gasteiger partial charge < -0.3 is 4.90 Å². The number of fused-ring (bicyclic) bond motifs is 1. The van der Waals surface area contributed by atoms with Crippen LogP contribution in [0.4, 0.5) is 4.39 Å². The largest absolute Gasteiger partial charge is 0.337 e. The average molecular weight is 441 g/mol. The third kappa shape index (κ3) is 4.25. The van der Waals surface area contributed by atoms with Crippen molar-refractivity contribution >= 4 is 11.7 Å². The summed E-state index contributed by atoms with van der Waals surface area (Å²) in [5.41, 5.74) is 2.90. The Bertz CT molecular complexity index is 884. The van der Waals surface area contributed by atoms with Crippen molar-refractivity contribution in [3.63, 3.8) is 0 Å². The first-order valence-electron chi connectivity index (χ1n) is 12.8. The van der Waals surface area contributed by atoms with Gasteiger partial charge in [-0.05, 0) is 80.2 Å². The van der Waals surface area contributed by atoms with Gasteiger partial charge in [-0.25, -0.2) is 4.39 Å². The van der Waals surface area contributed by atoms with Crippen molar-refractivity contribution in [2.24, 2.45) is 23.7 Å². The molecule has 174 valence electrons. The van der Waals surface area contributed by atoms with Gasteiger partial charge in [0.25, 0.3) is 0 Å². The Morgan fingerprint density at radius 3 is 2.38 bits per heavy atom. The fraction of sp³-hybridized carbons (Fsp3) is 0.704. The number of amides is 1. The van der Waals surface area contributed by atoms with E-state index in [1.54, 1.807) is 12.1 Å². The van der Waals surface area contributed by atoms with Crippen LogP contribution in [-0.4, -0.2) is 47.2 Å². The van der Waals surface area contributed by atoms with Crippen LogP contribution in [0.3, 0.4) is 0 Å². The summed E-state index contributed by atoms with van der Waals surface area (Å²) in [5, 5.41) is 0. The van der Waals surface area contributed by atoms with Crippen LogP contribution in [0, 0.1) is 36.4 Å². The molecule has 1 saturated heterocycles. The van der Waals surface area contributed by atoms with Crippen LogP contribution in [-0.2, 0) is 22.6 Å². The standard InChI is InChI=1S/C27H37FN2O2/c1-17-15-29(10-11-30(17)27(32)19-6-3-4-7-19)16-21-13-22(28)12-20(18(21)2)14-25(31)26-23-8-5-9-24(23)26/h12-13,17,19,23-24,26H,3-11,14-16H2,1-2H3/t17-,23?,24?,26?/m0/s1.